The van der Waals surface area contributed by atoms with Gasteiger partial charge in [0.1, 0.15) is 0 Å². The summed E-state index contributed by atoms with van der Waals surface area (Å²) in [4.78, 5) is 16.5. The Morgan fingerprint density at radius 3 is 2.64 bits per heavy atom. The lowest BCUT2D eigenvalue weighted by atomic mass is 9.98. The first kappa shape index (κ1) is 17.6. The van der Waals surface area contributed by atoms with Gasteiger partial charge in [-0.25, -0.2) is 13.4 Å². The Balaban J connectivity index is 1.70. The molecule has 1 unspecified atom stereocenters. The number of aromatic nitrogens is 2. The van der Waals surface area contributed by atoms with Crippen molar-refractivity contribution in [1.29, 1.82) is 0 Å². The molecule has 2 aromatic rings. The first-order chi connectivity index (χ1) is 11.9. The molecule has 1 aliphatic rings. The molecule has 1 amide bonds. The number of imidazole rings is 1. The van der Waals surface area contributed by atoms with Gasteiger partial charge in [-0.2, -0.15) is 4.31 Å². The fourth-order valence-electron chi connectivity index (χ4n) is 2.91. The molecule has 7 nitrogen and oxygen atoms in total. The smallest absolute Gasteiger partial charge is 0.262 e. The average molecular weight is 362 g/mol. The number of hydrogen-bond acceptors (Lipinski definition) is 4. The molecule has 0 spiro atoms. The van der Waals surface area contributed by atoms with Crippen molar-refractivity contribution in [3.8, 4) is 0 Å². The van der Waals surface area contributed by atoms with Gasteiger partial charge in [0.2, 0.25) is 5.91 Å². The molecule has 8 heteroatoms. The number of rotatable bonds is 4. The molecule has 1 fully saturated rings. The van der Waals surface area contributed by atoms with E-state index in [0.29, 0.717) is 19.4 Å². The molecule has 2 heterocycles. The minimum Gasteiger partial charge on any atom is -0.339 e. The van der Waals surface area contributed by atoms with Gasteiger partial charge >= 0.3 is 0 Å². The number of nitrogens with one attached hydrogen (secondary N) is 1. The van der Waals surface area contributed by atoms with Gasteiger partial charge in [-0.1, -0.05) is 17.7 Å². The highest BCUT2D eigenvalue weighted by Gasteiger charge is 2.34. The second-order valence-electron chi connectivity index (χ2n) is 6.43. The summed E-state index contributed by atoms with van der Waals surface area (Å²) >= 11 is 0. The summed E-state index contributed by atoms with van der Waals surface area (Å²) < 4.78 is 28.3. The largest absolute Gasteiger partial charge is 0.339 e. The van der Waals surface area contributed by atoms with Crippen molar-refractivity contribution in [1.82, 2.24) is 13.9 Å². The van der Waals surface area contributed by atoms with E-state index < -0.39 is 10.0 Å². The zero-order valence-electron chi connectivity index (χ0n) is 14.3. The number of sulfonamides is 1. The van der Waals surface area contributed by atoms with Crippen LogP contribution in [0, 0.1) is 12.8 Å². The van der Waals surface area contributed by atoms with Crippen molar-refractivity contribution in [3.63, 3.8) is 0 Å². The molecule has 1 atom stereocenters. The maximum absolute atomic E-state index is 12.7. The number of carbonyl (C=O) groups is 1. The van der Waals surface area contributed by atoms with Crippen LogP contribution >= 0.6 is 0 Å². The number of benzene rings is 1. The van der Waals surface area contributed by atoms with Crippen LogP contribution in [0.15, 0.2) is 41.8 Å². The SMILES string of the molecule is Cc1ccc(NC(=O)C2CCCN(S(=O)(=O)c3cn(C)cn3)C2)cc1. The molecule has 0 saturated carbocycles. The molecule has 1 N–H and O–H groups in total. The Morgan fingerprint density at radius 2 is 2.00 bits per heavy atom. The van der Waals surface area contributed by atoms with Crippen molar-refractivity contribution in [2.75, 3.05) is 18.4 Å². The second kappa shape index (κ2) is 6.97. The maximum Gasteiger partial charge on any atom is 0.262 e. The lowest BCUT2D eigenvalue weighted by Gasteiger charge is -2.30. The van der Waals surface area contributed by atoms with Gasteiger partial charge in [0.15, 0.2) is 5.03 Å². The summed E-state index contributed by atoms with van der Waals surface area (Å²) in [5.74, 6) is -0.515. The second-order valence-corrected chi connectivity index (χ2v) is 8.32. The first-order valence-corrected chi connectivity index (χ1v) is 9.66. The maximum atomic E-state index is 12.7. The van der Waals surface area contributed by atoms with E-state index >= 15 is 0 Å². The highest BCUT2D eigenvalue weighted by molar-refractivity contribution is 7.89. The van der Waals surface area contributed by atoms with Gasteiger partial charge in [0.05, 0.1) is 12.2 Å². The van der Waals surface area contributed by atoms with E-state index in [0.717, 1.165) is 11.3 Å². The van der Waals surface area contributed by atoms with Crippen LogP contribution in [-0.4, -0.2) is 41.3 Å². The molecule has 134 valence electrons. The number of nitrogens with zero attached hydrogens (tertiary/aromatic N) is 3. The van der Waals surface area contributed by atoms with E-state index in [1.165, 1.54) is 16.8 Å². The molecule has 1 aromatic heterocycles. The third-order valence-electron chi connectivity index (χ3n) is 4.36. The van der Waals surface area contributed by atoms with Crippen LogP contribution in [0.2, 0.25) is 0 Å². The minimum absolute atomic E-state index is 0.0228. The fourth-order valence-corrected chi connectivity index (χ4v) is 4.40. The van der Waals surface area contributed by atoms with E-state index in [9.17, 15) is 13.2 Å². The highest BCUT2D eigenvalue weighted by atomic mass is 32.2. The monoisotopic (exact) mass is 362 g/mol. The number of carbonyl (C=O) groups excluding carboxylic acids is 1. The number of anilines is 1. The Kier molecular flexibility index (Phi) is 4.91. The number of aryl methyl sites for hydroxylation is 2. The predicted molar refractivity (Wildman–Crippen MR) is 94.5 cm³/mol. The number of piperidine rings is 1. The average Bonchev–Trinajstić information content (AvgIpc) is 3.04. The van der Waals surface area contributed by atoms with Crippen molar-refractivity contribution >= 4 is 21.6 Å². The Labute approximate surface area is 147 Å². The Morgan fingerprint density at radius 1 is 1.28 bits per heavy atom. The van der Waals surface area contributed by atoms with Crippen molar-refractivity contribution in [2.45, 2.75) is 24.8 Å². The normalized spacial score (nSPS) is 18.9. The third kappa shape index (κ3) is 3.91. The zero-order valence-corrected chi connectivity index (χ0v) is 15.2. The van der Waals surface area contributed by atoms with E-state index in [-0.39, 0.29) is 23.4 Å². The molecule has 1 saturated heterocycles. The zero-order chi connectivity index (χ0) is 18.0. The topological polar surface area (TPSA) is 84.3 Å². The lowest BCUT2D eigenvalue weighted by molar-refractivity contribution is -0.120. The Bertz CT molecular complexity index is 858. The van der Waals surface area contributed by atoms with Crippen LogP contribution in [0.1, 0.15) is 18.4 Å². The lowest BCUT2D eigenvalue weighted by Crippen LogP contribution is -2.43. The molecule has 3 rings (SSSR count). The van der Waals surface area contributed by atoms with Crippen molar-refractivity contribution in [2.24, 2.45) is 13.0 Å². The summed E-state index contributed by atoms with van der Waals surface area (Å²) in [5, 5.41) is 2.90. The quantitative estimate of drug-likeness (QED) is 0.898. The third-order valence-corrected chi connectivity index (χ3v) is 6.11. The molecule has 0 bridgehead atoms. The van der Waals surface area contributed by atoms with Gasteiger partial charge < -0.3 is 9.88 Å². The molecular weight excluding hydrogens is 340 g/mol. The number of amides is 1. The van der Waals surface area contributed by atoms with Crippen molar-refractivity contribution < 1.29 is 13.2 Å². The molecule has 0 aliphatic carbocycles. The van der Waals surface area contributed by atoms with Crippen LogP contribution < -0.4 is 5.32 Å². The predicted octanol–water partition coefficient (Wildman–Crippen LogP) is 1.77. The standard InChI is InChI=1S/C17H22N4O3S/c1-13-5-7-15(8-6-13)19-17(22)14-4-3-9-21(10-14)25(23,24)16-11-20(2)12-18-16/h5-8,11-12,14H,3-4,9-10H2,1-2H3,(H,19,22). The van der Waals surface area contributed by atoms with Gasteiger partial charge in [0.25, 0.3) is 10.0 Å². The summed E-state index contributed by atoms with van der Waals surface area (Å²) in [6.07, 6.45) is 4.26. The number of hydrogen-bond donors (Lipinski definition) is 1. The van der Waals surface area contributed by atoms with Crippen molar-refractivity contribution in [3.05, 3.63) is 42.4 Å². The van der Waals surface area contributed by atoms with Crippen LogP contribution in [-0.2, 0) is 21.9 Å². The van der Waals surface area contributed by atoms with Gasteiger partial charge in [-0.05, 0) is 31.9 Å². The molecule has 25 heavy (non-hydrogen) atoms. The first-order valence-electron chi connectivity index (χ1n) is 8.22. The van der Waals surface area contributed by atoms with Gasteiger partial charge in [0, 0.05) is 32.0 Å². The van der Waals surface area contributed by atoms with Crippen LogP contribution in [0.3, 0.4) is 0 Å². The van der Waals surface area contributed by atoms with Crippen LogP contribution in [0.25, 0.3) is 0 Å². The Hall–Kier alpha value is -2.19. The van der Waals surface area contributed by atoms with Gasteiger partial charge in [-0.15, -0.1) is 0 Å². The molecular formula is C17H22N4O3S. The van der Waals surface area contributed by atoms with E-state index in [1.54, 1.807) is 11.6 Å². The van der Waals surface area contributed by atoms with E-state index in [4.69, 9.17) is 0 Å². The summed E-state index contributed by atoms with van der Waals surface area (Å²) in [7, 11) is -1.94. The minimum atomic E-state index is -3.66. The van der Waals surface area contributed by atoms with E-state index in [1.807, 2.05) is 31.2 Å². The summed E-state index contributed by atoms with van der Waals surface area (Å²) in [5.41, 5.74) is 1.84. The van der Waals surface area contributed by atoms with Crippen LogP contribution in [0.4, 0.5) is 5.69 Å². The summed E-state index contributed by atoms with van der Waals surface area (Å²) in [6.45, 7) is 2.57. The summed E-state index contributed by atoms with van der Waals surface area (Å²) in [6, 6.07) is 7.54. The fraction of sp³-hybridized carbons (Fsp3) is 0.412. The van der Waals surface area contributed by atoms with Gasteiger partial charge in [-0.3, -0.25) is 4.79 Å². The molecule has 1 aliphatic heterocycles. The molecule has 0 radical (unpaired) electrons. The highest BCUT2D eigenvalue weighted by Crippen LogP contribution is 2.24. The van der Waals surface area contributed by atoms with Crippen LogP contribution in [0.5, 0.6) is 0 Å². The van der Waals surface area contributed by atoms with E-state index in [2.05, 4.69) is 10.3 Å². The molecule has 1 aromatic carbocycles.